The van der Waals surface area contributed by atoms with Crippen molar-refractivity contribution in [1.82, 2.24) is 9.88 Å². The molecule has 148 valence electrons. The van der Waals surface area contributed by atoms with Gasteiger partial charge in [-0.2, -0.15) is 0 Å². The van der Waals surface area contributed by atoms with Crippen LogP contribution in [0.4, 0.5) is 0 Å². The number of rotatable bonds is 2. The smallest absolute Gasteiger partial charge is 0.248 e. The van der Waals surface area contributed by atoms with E-state index in [1.54, 1.807) is 6.07 Å². The van der Waals surface area contributed by atoms with Crippen LogP contribution in [0.3, 0.4) is 0 Å². The molecule has 3 heterocycles. The second-order valence-corrected chi connectivity index (χ2v) is 8.56. The van der Waals surface area contributed by atoms with Gasteiger partial charge in [0.1, 0.15) is 5.75 Å². The van der Waals surface area contributed by atoms with Crippen molar-refractivity contribution in [1.29, 1.82) is 0 Å². The minimum Gasteiger partial charge on any atom is -0.462 e. The Balaban J connectivity index is 1.36. The highest BCUT2D eigenvalue weighted by Crippen LogP contribution is 2.40. The highest BCUT2D eigenvalue weighted by atomic mass is 16.7. The predicted octanol–water partition coefficient (Wildman–Crippen LogP) is 3.91. The molecule has 1 aromatic carbocycles. The van der Waals surface area contributed by atoms with Crippen molar-refractivity contribution in [2.24, 2.45) is 0 Å². The van der Waals surface area contributed by atoms with Crippen LogP contribution in [-0.4, -0.2) is 34.8 Å². The Labute approximate surface area is 165 Å². The number of hydrogen-bond acceptors (Lipinski definition) is 4. The largest absolute Gasteiger partial charge is 0.462 e. The van der Waals surface area contributed by atoms with E-state index >= 15 is 0 Å². The highest BCUT2D eigenvalue weighted by Gasteiger charge is 2.42. The molecular formula is C23H28N2O3. The predicted molar refractivity (Wildman–Crippen MR) is 109 cm³/mol. The van der Waals surface area contributed by atoms with Crippen molar-refractivity contribution >= 4 is 0 Å². The molecule has 5 nitrogen and oxygen atoms in total. The number of aromatic amines is 1. The zero-order chi connectivity index (χ0) is 19.3. The first-order valence-electron chi connectivity index (χ1n) is 10.4. The fourth-order valence-corrected chi connectivity index (χ4v) is 4.91. The molecule has 2 aromatic rings. The van der Waals surface area contributed by atoms with Crippen molar-refractivity contribution in [3.63, 3.8) is 0 Å². The Morgan fingerprint density at radius 3 is 2.61 bits per heavy atom. The standard InChI is InChI=1S/C23H28N2O3/c1-15-12-21(26)24-16(2)22(15)17-6-7-20-18(13-17)14-27-23(28-20)8-10-25(11-9-23)19-4-3-5-19/h6-7,12-13,19H,3-5,8-11,14H2,1-2H3,(H,24,26). The van der Waals surface area contributed by atoms with E-state index in [1.807, 2.05) is 13.8 Å². The SMILES string of the molecule is Cc1cc(=O)[nH]c(C)c1-c1ccc2c(c1)COC1(CCN(C3CCC3)CC1)O2. The van der Waals surface area contributed by atoms with Gasteiger partial charge in [-0.15, -0.1) is 0 Å². The monoisotopic (exact) mass is 380 g/mol. The molecule has 28 heavy (non-hydrogen) atoms. The van der Waals surface area contributed by atoms with Gasteiger partial charge in [0.25, 0.3) is 0 Å². The number of likely N-dealkylation sites (tertiary alicyclic amines) is 1. The maximum Gasteiger partial charge on any atom is 0.248 e. The number of pyridine rings is 1. The van der Waals surface area contributed by atoms with Gasteiger partial charge in [-0.25, -0.2) is 0 Å². The summed E-state index contributed by atoms with van der Waals surface area (Å²) in [6.45, 7) is 6.63. The van der Waals surface area contributed by atoms with Crippen LogP contribution < -0.4 is 10.3 Å². The lowest BCUT2D eigenvalue weighted by Crippen LogP contribution is -2.54. The summed E-state index contributed by atoms with van der Waals surface area (Å²) < 4.78 is 12.7. The number of benzene rings is 1. The fourth-order valence-electron chi connectivity index (χ4n) is 4.91. The van der Waals surface area contributed by atoms with Crippen LogP contribution in [0.2, 0.25) is 0 Å². The molecule has 1 saturated carbocycles. The Morgan fingerprint density at radius 2 is 1.93 bits per heavy atom. The van der Waals surface area contributed by atoms with Crippen molar-refractivity contribution in [2.45, 2.75) is 64.4 Å². The molecular weight excluding hydrogens is 352 g/mol. The minimum absolute atomic E-state index is 0.0569. The molecule has 5 heteroatoms. The molecule has 0 radical (unpaired) electrons. The number of H-pyrrole nitrogens is 1. The number of nitrogens with one attached hydrogen (secondary N) is 1. The molecule has 1 saturated heterocycles. The van der Waals surface area contributed by atoms with Crippen LogP contribution >= 0.6 is 0 Å². The maximum atomic E-state index is 11.7. The van der Waals surface area contributed by atoms with Gasteiger partial charge in [-0.05, 0) is 49.9 Å². The molecule has 0 unspecified atom stereocenters. The van der Waals surface area contributed by atoms with Gasteiger partial charge in [0.05, 0.1) is 6.61 Å². The van der Waals surface area contributed by atoms with Crippen molar-refractivity contribution in [3.8, 4) is 16.9 Å². The van der Waals surface area contributed by atoms with Gasteiger partial charge in [0, 0.05) is 54.9 Å². The lowest BCUT2D eigenvalue weighted by Gasteiger charge is -2.47. The maximum absolute atomic E-state index is 11.7. The van der Waals surface area contributed by atoms with E-state index < -0.39 is 5.79 Å². The van der Waals surface area contributed by atoms with E-state index in [0.717, 1.165) is 65.7 Å². The molecule has 3 aliphatic rings. The summed E-state index contributed by atoms with van der Waals surface area (Å²) in [5, 5.41) is 0. The zero-order valence-electron chi connectivity index (χ0n) is 16.7. The lowest BCUT2D eigenvalue weighted by atomic mass is 9.89. The van der Waals surface area contributed by atoms with Crippen LogP contribution in [-0.2, 0) is 11.3 Å². The van der Waals surface area contributed by atoms with Crippen LogP contribution in [0.25, 0.3) is 11.1 Å². The van der Waals surface area contributed by atoms with Crippen LogP contribution in [0.1, 0.15) is 48.9 Å². The molecule has 0 amide bonds. The van der Waals surface area contributed by atoms with E-state index in [4.69, 9.17) is 9.47 Å². The summed E-state index contributed by atoms with van der Waals surface area (Å²) in [6.07, 6.45) is 5.95. The van der Waals surface area contributed by atoms with Gasteiger partial charge in [0.15, 0.2) is 0 Å². The quantitative estimate of drug-likeness (QED) is 0.858. The van der Waals surface area contributed by atoms with Crippen LogP contribution in [0.15, 0.2) is 29.1 Å². The summed E-state index contributed by atoms with van der Waals surface area (Å²) in [5.74, 6) is 0.477. The summed E-state index contributed by atoms with van der Waals surface area (Å²) >= 11 is 0. The molecule has 0 atom stereocenters. The second kappa shape index (κ2) is 6.75. The van der Waals surface area contributed by atoms with E-state index in [9.17, 15) is 4.79 Å². The number of ether oxygens (including phenoxy) is 2. The fraction of sp³-hybridized carbons (Fsp3) is 0.522. The molecule has 5 rings (SSSR count). The lowest BCUT2D eigenvalue weighted by molar-refractivity contribution is -0.231. The average molecular weight is 380 g/mol. The van der Waals surface area contributed by atoms with E-state index in [0.29, 0.717) is 6.61 Å². The second-order valence-electron chi connectivity index (χ2n) is 8.56. The summed E-state index contributed by atoms with van der Waals surface area (Å²) in [5.41, 5.74) is 5.07. The molecule has 2 fully saturated rings. The number of piperidine rings is 1. The van der Waals surface area contributed by atoms with Crippen molar-refractivity contribution in [3.05, 3.63) is 51.4 Å². The molecule has 2 aliphatic heterocycles. The van der Waals surface area contributed by atoms with E-state index in [2.05, 4.69) is 28.1 Å². The normalized spacial score (nSPS) is 21.8. The van der Waals surface area contributed by atoms with Gasteiger partial charge in [-0.1, -0.05) is 12.5 Å². The third-order valence-electron chi connectivity index (χ3n) is 6.71. The summed E-state index contributed by atoms with van der Waals surface area (Å²) in [7, 11) is 0. The minimum atomic E-state index is -0.460. The topological polar surface area (TPSA) is 54.6 Å². The number of aromatic nitrogens is 1. The molecule has 1 spiro atoms. The van der Waals surface area contributed by atoms with Crippen LogP contribution in [0.5, 0.6) is 5.75 Å². The Hall–Kier alpha value is -2.11. The first-order valence-corrected chi connectivity index (χ1v) is 10.4. The number of fused-ring (bicyclic) bond motifs is 1. The Kier molecular flexibility index (Phi) is 4.33. The van der Waals surface area contributed by atoms with Crippen molar-refractivity contribution in [2.75, 3.05) is 13.1 Å². The zero-order valence-corrected chi connectivity index (χ0v) is 16.7. The van der Waals surface area contributed by atoms with E-state index in [1.165, 1.54) is 19.3 Å². The third-order valence-corrected chi connectivity index (χ3v) is 6.71. The third kappa shape index (κ3) is 3.07. The van der Waals surface area contributed by atoms with Gasteiger partial charge < -0.3 is 14.5 Å². The van der Waals surface area contributed by atoms with Crippen molar-refractivity contribution < 1.29 is 9.47 Å². The first kappa shape index (κ1) is 18.0. The van der Waals surface area contributed by atoms with Gasteiger partial charge >= 0.3 is 0 Å². The van der Waals surface area contributed by atoms with Crippen LogP contribution in [0, 0.1) is 13.8 Å². The number of nitrogens with zero attached hydrogens (tertiary/aromatic N) is 1. The van der Waals surface area contributed by atoms with E-state index in [-0.39, 0.29) is 5.56 Å². The number of aryl methyl sites for hydroxylation is 2. The van der Waals surface area contributed by atoms with Gasteiger partial charge in [-0.3, -0.25) is 9.69 Å². The molecule has 1 aromatic heterocycles. The Morgan fingerprint density at radius 1 is 1.14 bits per heavy atom. The Bertz CT molecular complexity index is 927. The highest BCUT2D eigenvalue weighted by molar-refractivity contribution is 5.71. The molecule has 0 bridgehead atoms. The van der Waals surface area contributed by atoms with Gasteiger partial charge in [0.2, 0.25) is 11.3 Å². The summed E-state index contributed by atoms with van der Waals surface area (Å²) in [6, 6.07) is 8.74. The summed E-state index contributed by atoms with van der Waals surface area (Å²) in [4.78, 5) is 17.2. The average Bonchev–Trinajstić information content (AvgIpc) is 2.62. The molecule has 1 aliphatic carbocycles. The number of hydrogen-bond donors (Lipinski definition) is 1. The molecule has 1 N–H and O–H groups in total. The first-order chi connectivity index (χ1) is 13.5.